The average molecular weight is 380 g/mol. The van der Waals surface area contributed by atoms with E-state index in [-0.39, 0.29) is 23.0 Å². The maximum Gasteiger partial charge on any atom is 0.338 e. The summed E-state index contributed by atoms with van der Waals surface area (Å²) < 4.78 is 15.4. The zero-order valence-corrected chi connectivity index (χ0v) is 14.3. The lowest BCUT2D eigenvalue weighted by Crippen LogP contribution is -3.00. The molecule has 0 saturated carbocycles. The van der Waals surface area contributed by atoms with Crippen molar-refractivity contribution in [2.75, 3.05) is 6.61 Å². The summed E-state index contributed by atoms with van der Waals surface area (Å²) >= 11 is 1.22. The number of hydrogen-bond acceptors (Lipinski definition) is 5. The van der Waals surface area contributed by atoms with Crippen LogP contribution in [0.2, 0.25) is 0 Å². The molecule has 0 atom stereocenters. The molecule has 7 heteroatoms. The lowest BCUT2D eigenvalue weighted by molar-refractivity contribution is -0.688. The van der Waals surface area contributed by atoms with Crippen LogP contribution in [0.25, 0.3) is 11.0 Å². The van der Waals surface area contributed by atoms with Crippen LogP contribution in [0.3, 0.4) is 0 Å². The van der Waals surface area contributed by atoms with Gasteiger partial charge in [-0.3, -0.25) is 0 Å². The van der Waals surface area contributed by atoms with Crippen molar-refractivity contribution in [3.63, 3.8) is 0 Å². The molecule has 3 aromatic rings. The molecule has 2 heterocycles. The maximum atomic E-state index is 11.6. The molecule has 0 aliphatic carbocycles. The fourth-order valence-electron chi connectivity index (χ4n) is 2.05. The van der Waals surface area contributed by atoms with E-state index in [1.807, 2.05) is 35.2 Å². The number of hydrogen-bond donors (Lipinski definition) is 0. The number of aromatic nitrogens is 3. The van der Waals surface area contributed by atoms with E-state index >= 15 is 0 Å². The van der Waals surface area contributed by atoms with Gasteiger partial charge in [-0.25, -0.2) is 9.36 Å². The van der Waals surface area contributed by atoms with E-state index in [1.165, 1.54) is 11.7 Å². The summed E-state index contributed by atoms with van der Waals surface area (Å²) in [6, 6.07) is 9.57. The molecule has 0 fully saturated rings. The second-order valence-electron chi connectivity index (χ2n) is 4.57. The quantitative estimate of drug-likeness (QED) is 0.440. The number of halogens is 1. The third kappa shape index (κ3) is 3.66. The van der Waals surface area contributed by atoms with Crippen molar-refractivity contribution < 1.29 is 31.1 Å². The molecule has 22 heavy (non-hydrogen) atoms. The smallest absolute Gasteiger partial charge is 0.338 e. The van der Waals surface area contributed by atoms with E-state index in [4.69, 9.17) is 4.74 Å². The first-order valence-corrected chi connectivity index (χ1v) is 7.36. The Morgan fingerprint density at radius 1 is 1.18 bits per heavy atom. The van der Waals surface area contributed by atoms with E-state index in [0.717, 1.165) is 23.1 Å². The lowest BCUT2D eigenvalue weighted by Gasteiger charge is -2.01. The minimum atomic E-state index is -0.292. The largest absolute Gasteiger partial charge is 1.00 e. The molecule has 114 valence electrons. The molecule has 0 unspecified atom stereocenters. The van der Waals surface area contributed by atoms with Crippen LogP contribution in [0.4, 0.5) is 0 Å². The SMILES string of the molecule is CCOC(=O)c1cc[n+](Cc2ccc3nsnc3c2)cc1.[Br-]. The van der Waals surface area contributed by atoms with Crippen molar-refractivity contribution in [3.8, 4) is 0 Å². The molecule has 0 aliphatic rings. The lowest BCUT2D eigenvalue weighted by atomic mass is 10.2. The highest BCUT2D eigenvalue weighted by molar-refractivity contribution is 7.00. The Balaban J connectivity index is 0.00000176. The number of fused-ring (bicyclic) bond motifs is 1. The Morgan fingerprint density at radius 3 is 2.64 bits per heavy atom. The number of carbonyl (C=O) groups excluding carboxylic acids is 1. The molecule has 1 aromatic carbocycles. The summed E-state index contributed by atoms with van der Waals surface area (Å²) in [7, 11) is 0. The summed E-state index contributed by atoms with van der Waals surface area (Å²) in [5.41, 5.74) is 3.55. The van der Waals surface area contributed by atoms with Crippen molar-refractivity contribution in [1.82, 2.24) is 8.75 Å². The maximum absolute atomic E-state index is 11.6. The van der Waals surface area contributed by atoms with Crippen LogP contribution in [-0.4, -0.2) is 21.3 Å². The fraction of sp³-hybridized carbons (Fsp3) is 0.200. The number of esters is 1. The zero-order valence-electron chi connectivity index (χ0n) is 11.9. The molecular weight excluding hydrogens is 366 g/mol. The first-order valence-electron chi connectivity index (χ1n) is 6.63. The van der Waals surface area contributed by atoms with Gasteiger partial charge in [-0.2, -0.15) is 8.75 Å². The van der Waals surface area contributed by atoms with Gasteiger partial charge in [-0.15, -0.1) is 0 Å². The predicted octanol–water partition coefficient (Wildman–Crippen LogP) is -0.792. The van der Waals surface area contributed by atoms with Crippen LogP contribution in [0, 0.1) is 0 Å². The monoisotopic (exact) mass is 379 g/mol. The Labute approximate surface area is 142 Å². The molecule has 0 amide bonds. The molecule has 2 aromatic heterocycles. The molecule has 0 bridgehead atoms. The molecule has 0 saturated heterocycles. The van der Waals surface area contributed by atoms with Crippen molar-refractivity contribution in [1.29, 1.82) is 0 Å². The van der Waals surface area contributed by atoms with Gasteiger partial charge >= 0.3 is 5.97 Å². The molecule has 0 N–H and O–H groups in total. The van der Waals surface area contributed by atoms with Gasteiger partial charge in [0, 0.05) is 17.7 Å². The highest BCUT2D eigenvalue weighted by Crippen LogP contribution is 2.13. The number of nitrogens with zero attached hydrogens (tertiary/aromatic N) is 3. The fourth-order valence-corrected chi connectivity index (χ4v) is 2.57. The van der Waals surface area contributed by atoms with Gasteiger partial charge < -0.3 is 21.7 Å². The number of benzene rings is 1. The minimum Gasteiger partial charge on any atom is -1.00 e. The molecule has 5 nitrogen and oxygen atoms in total. The van der Waals surface area contributed by atoms with Crippen LogP contribution in [0.5, 0.6) is 0 Å². The van der Waals surface area contributed by atoms with E-state index in [9.17, 15) is 4.79 Å². The standard InChI is InChI=1S/C15H14N3O2S.BrH/c1-2-20-15(19)12-5-7-18(8-6-12)10-11-3-4-13-14(9-11)17-21-16-13;/h3-9H,2,10H2,1H3;1H/q+1;/p-1. The second kappa shape index (κ2) is 7.42. The summed E-state index contributed by atoms with van der Waals surface area (Å²) in [6.07, 6.45) is 3.74. The Hall–Kier alpha value is -1.86. The number of ether oxygens (including phenoxy) is 1. The topological polar surface area (TPSA) is 56.0 Å². The second-order valence-corrected chi connectivity index (χ2v) is 5.10. The zero-order chi connectivity index (χ0) is 14.7. The molecule has 0 radical (unpaired) electrons. The molecular formula is C15H14BrN3O2S. The van der Waals surface area contributed by atoms with Crippen LogP contribution in [0.15, 0.2) is 42.7 Å². The van der Waals surface area contributed by atoms with Gasteiger partial charge in [0.15, 0.2) is 18.9 Å². The van der Waals surface area contributed by atoms with Gasteiger partial charge in [-0.1, -0.05) is 6.07 Å². The van der Waals surface area contributed by atoms with Crippen LogP contribution < -0.4 is 21.5 Å². The van der Waals surface area contributed by atoms with E-state index in [0.29, 0.717) is 12.2 Å². The molecule has 0 aliphatic heterocycles. The first-order chi connectivity index (χ1) is 10.3. The summed E-state index contributed by atoms with van der Waals surface area (Å²) in [5.74, 6) is -0.292. The Bertz CT molecular complexity index is 774. The van der Waals surface area contributed by atoms with Crippen molar-refractivity contribution >= 4 is 28.7 Å². The molecule has 3 rings (SSSR count). The average Bonchev–Trinajstić information content (AvgIpc) is 2.96. The Morgan fingerprint density at radius 2 is 1.91 bits per heavy atom. The third-order valence-corrected chi connectivity index (χ3v) is 3.64. The minimum absolute atomic E-state index is 0. The van der Waals surface area contributed by atoms with Crippen molar-refractivity contribution in [2.45, 2.75) is 13.5 Å². The normalized spacial score (nSPS) is 10.2. The highest BCUT2D eigenvalue weighted by atomic mass is 79.9. The van der Waals surface area contributed by atoms with E-state index < -0.39 is 0 Å². The van der Waals surface area contributed by atoms with E-state index in [2.05, 4.69) is 8.75 Å². The summed E-state index contributed by atoms with van der Waals surface area (Å²) in [6.45, 7) is 2.90. The van der Waals surface area contributed by atoms with Gasteiger partial charge in [-0.05, 0) is 19.1 Å². The van der Waals surface area contributed by atoms with Gasteiger partial charge in [0.25, 0.3) is 0 Å². The van der Waals surface area contributed by atoms with Gasteiger partial charge in [0.2, 0.25) is 0 Å². The summed E-state index contributed by atoms with van der Waals surface area (Å²) in [5, 5.41) is 0. The number of rotatable bonds is 4. The van der Waals surface area contributed by atoms with Gasteiger partial charge in [0.1, 0.15) is 11.0 Å². The number of pyridine rings is 1. The Kier molecular flexibility index (Phi) is 5.57. The van der Waals surface area contributed by atoms with Crippen LogP contribution in [-0.2, 0) is 11.3 Å². The predicted molar refractivity (Wildman–Crippen MR) is 79.1 cm³/mol. The van der Waals surface area contributed by atoms with E-state index in [1.54, 1.807) is 19.1 Å². The van der Waals surface area contributed by atoms with Crippen molar-refractivity contribution in [3.05, 3.63) is 53.9 Å². The number of carbonyl (C=O) groups is 1. The summed E-state index contributed by atoms with van der Waals surface area (Å²) in [4.78, 5) is 11.6. The third-order valence-electron chi connectivity index (χ3n) is 3.09. The van der Waals surface area contributed by atoms with Crippen LogP contribution in [0.1, 0.15) is 22.8 Å². The van der Waals surface area contributed by atoms with Crippen LogP contribution >= 0.6 is 11.7 Å². The first kappa shape index (κ1) is 16.5. The highest BCUT2D eigenvalue weighted by Gasteiger charge is 2.10. The molecule has 0 spiro atoms. The van der Waals surface area contributed by atoms with Gasteiger partial charge in [0.05, 0.1) is 23.9 Å². The van der Waals surface area contributed by atoms with Crippen molar-refractivity contribution in [2.24, 2.45) is 0 Å².